The van der Waals surface area contributed by atoms with E-state index in [1.165, 1.54) is 18.2 Å². The summed E-state index contributed by atoms with van der Waals surface area (Å²) in [4.78, 5) is 12.3. The summed E-state index contributed by atoms with van der Waals surface area (Å²) >= 11 is 6.71. The van der Waals surface area contributed by atoms with Crippen molar-refractivity contribution < 1.29 is 102 Å². The predicted molar refractivity (Wildman–Crippen MR) is 135 cm³/mol. The number of urea groups is 1. The maximum absolute atomic E-state index is 12.6. The standard InChI is InChI=1S/C21H14Br2N2O9S2.2Na/c22-17-15(35-34-33-29)7-9-5-11(1-3-13(9)19(17)26)24-21(28)25-12-2-4-14-10(6-12)8-16(36(30,31)32)18(23)20(14)27;;/h1-8,26-27,29H,(H2,24,25,28)(H,30,31,32);;/q;2*+1/p-2. The molecular formula is C21H12Br2N2Na2O9S2. The minimum Gasteiger partial charge on any atom is -0.744 e. The van der Waals surface area contributed by atoms with E-state index >= 15 is 0 Å². The van der Waals surface area contributed by atoms with E-state index in [0.29, 0.717) is 33.4 Å². The average molecular weight is 706 g/mol. The summed E-state index contributed by atoms with van der Waals surface area (Å²) in [6.45, 7) is 0. The summed E-state index contributed by atoms with van der Waals surface area (Å²) in [6.07, 6.45) is 0. The molecule has 4 N–H and O–H groups in total. The van der Waals surface area contributed by atoms with Gasteiger partial charge < -0.3 is 30.7 Å². The summed E-state index contributed by atoms with van der Waals surface area (Å²) in [6, 6.07) is 11.1. The number of carbonyl (C=O) groups excluding carboxylic acids is 1. The first-order valence-electron chi connectivity index (χ1n) is 9.57. The van der Waals surface area contributed by atoms with Gasteiger partial charge in [0, 0.05) is 22.1 Å². The Balaban J connectivity index is 0.00000253. The van der Waals surface area contributed by atoms with Crippen LogP contribution >= 0.6 is 43.9 Å². The number of fused-ring (bicyclic) bond motifs is 2. The molecule has 0 saturated carbocycles. The number of halogens is 2. The van der Waals surface area contributed by atoms with E-state index in [2.05, 4.69) is 51.9 Å². The first-order chi connectivity index (χ1) is 17.0. The van der Waals surface area contributed by atoms with Crippen molar-refractivity contribution in [3.63, 3.8) is 0 Å². The number of nitrogens with one attached hydrogen (secondary N) is 2. The van der Waals surface area contributed by atoms with Crippen LogP contribution in [0.2, 0.25) is 0 Å². The first kappa shape index (κ1) is 33.6. The largest absolute Gasteiger partial charge is 1.00 e. The van der Waals surface area contributed by atoms with Gasteiger partial charge in [-0.3, -0.25) is 5.04 Å². The summed E-state index contributed by atoms with van der Waals surface area (Å²) in [5.41, 5.74) is 0.618. The van der Waals surface area contributed by atoms with E-state index in [-0.39, 0.29) is 90.3 Å². The number of aromatic hydroxyl groups is 2. The third kappa shape index (κ3) is 7.36. The molecule has 38 heavy (non-hydrogen) atoms. The fourth-order valence-electron chi connectivity index (χ4n) is 3.42. The smallest absolute Gasteiger partial charge is 0.744 e. The van der Waals surface area contributed by atoms with E-state index in [4.69, 9.17) is 0 Å². The van der Waals surface area contributed by atoms with Crippen LogP contribution < -0.4 is 75.0 Å². The molecule has 11 nitrogen and oxygen atoms in total. The molecule has 0 heterocycles. The summed E-state index contributed by atoms with van der Waals surface area (Å²) in [7, 11) is -4.87. The normalized spacial score (nSPS) is 11.1. The Kier molecular flexibility index (Phi) is 12.2. The molecule has 4 aromatic carbocycles. The van der Waals surface area contributed by atoms with E-state index in [1.807, 2.05) is 0 Å². The molecule has 0 aliphatic rings. The van der Waals surface area contributed by atoms with Crippen LogP contribution in [0.1, 0.15) is 0 Å². The number of anilines is 2. The number of phenolic OH excluding ortho intramolecular Hbond substituents is 2. The van der Waals surface area contributed by atoms with Gasteiger partial charge in [-0.1, -0.05) is 0 Å². The second-order valence-electron chi connectivity index (χ2n) is 7.20. The molecule has 0 aromatic heterocycles. The van der Waals surface area contributed by atoms with Gasteiger partial charge in [0.1, 0.15) is 21.6 Å². The molecular weight excluding hydrogens is 694 g/mol. The number of phenols is 2. The van der Waals surface area contributed by atoms with E-state index in [1.54, 1.807) is 24.3 Å². The van der Waals surface area contributed by atoms with Crippen LogP contribution in [0, 0.1) is 0 Å². The van der Waals surface area contributed by atoms with Crippen molar-refractivity contribution in [1.82, 2.24) is 0 Å². The molecule has 0 aliphatic heterocycles. The predicted octanol–water partition coefficient (Wildman–Crippen LogP) is -1.28. The monoisotopic (exact) mass is 704 g/mol. The molecule has 0 saturated heterocycles. The molecule has 4 aromatic rings. The summed E-state index contributed by atoms with van der Waals surface area (Å²) in [5.74, 6) is -0.528. The number of amides is 2. The Morgan fingerprint density at radius 2 is 1.37 bits per heavy atom. The summed E-state index contributed by atoms with van der Waals surface area (Å²) < 4.78 is 38.8. The van der Waals surface area contributed by atoms with E-state index in [9.17, 15) is 33.2 Å². The zero-order chi connectivity index (χ0) is 26.2. The van der Waals surface area contributed by atoms with Crippen LogP contribution in [0.25, 0.3) is 21.5 Å². The van der Waals surface area contributed by atoms with Gasteiger partial charge in [-0.2, -0.15) is 4.33 Å². The Hall–Kier alpha value is -0.630. The third-order valence-electron chi connectivity index (χ3n) is 4.97. The maximum atomic E-state index is 12.6. The van der Waals surface area contributed by atoms with Gasteiger partial charge in [0.25, 0.3) is 0 Å². The molecule has 0 spiro atoms. The number of benzene rings is 4. The zero-order valence-corrected chi connectivity index (χ0v) is 28.2. The van der Waals surface area contributed by atoms with Crippen LogP contribution in [0.5, 0.6) is 11.5 Å². The van der Waals surface area contributed by atoms with Gasteiger partial charge in [-0.25, -0.2) is 13.2 Å². The molecule has 0 atom stereocenters. The number of hydrogen-bond donors (Lipinski definition) is 4. The van der Waals surface area contributed by atoms with Crippen molar-refractivity contribution in [1.29, 1.82) is 0 Å². The maximum Gasteiger partial charge on any atom is 1.00 e. The fourth-order valence-corrected chi connectivity index (χ4v) is 5.90. The number of hydrogen-bond acceptors (Lipinski definition) is 10. The minimum atomic E-state index is -4.87. The van der Waals surface area contributed by atoms with Gasteiger partial charge in [-0.15, -0.1) is 0 Å². The summed E-state index contributed by atoms with van der Waals surface area (Å²) in [5, 5.41) is 40.8. The molecule has 188 valence electrons. The van der Waals surface area contributed by atoms with Gasteiger partial charge in [-0.05, 0) is 91.2 Å². The van der Waals surface area contributed by atoms with Crippen LogP contribution in [0.3, 0.4) is 0 Å². The van der Waals surface area contributed by atoms with Crippen LogP contribution in [-0.4, -0.2) is 29.2 Å². The Morgan fingerprint density at radius 3 is 1.87 bits per heavy atom. The van der Waals surface area contributed by atoms with E-state index < -0.39 is 26.8 Å². The molecule has 0 fully saturated rings. The zero-order valence-electron chi connectivity index (χ0n) is 19.4. The quantitative estimate of drug-likeness (QED) is 0.0621. The third-order valence-corrected chi connectivity index (χ3v) is 8.59. The molecule has 0 unspecified atom stereocenters. The SMILES string of the molecule is O=C(Nc1ccc2c(O)c(Br)c(SOO[O-])cc2c1)Nc1ccc2c(O)c(Br)c(S(=O)(=O)[O-])cc2c1.[Na+].[Na+]. The second-order valence-corrected chi connectivity index (χ2v) is 10.9. The van der Waals surface area contributed by atoms with Crippen molar-refractivity contribution in [3.05, 3.63) is 57.5 Å². The van der Waals surface area contributed by atoms with Crippen LogP contribution in [0.15, 0.2) is 67.3 Å². The molecule has 0 radical (unpaired) electrons. The molecule has 0 aliphatic carbocycles. The first-order valence-corrected chi connectivity index (χ1v) is 13.3. The topological polar surface area (TPSA) is 180 Å². The van der Waals surface area contributed by atoms with Crippen LogP contribution in [-0.2, 0) is 19.5 Å². The Labute approximate surface area is 280 Å². The fraction of sp³-hybridized carbons (Fsp3) is 0. The van der Waals surface area contributed by atoms with Gasteiger partial charge in [0.15, 0.2) is 0 Å². The molecule has 17 heteroatoms. The molecule has 4 rings (SSSR count). The second kappa shape index (κ2) is 13.8. The molecule has 2 amide bonds. The minimum absolute atomic E-state index is 0. The van der Waals surface area contributed by atoms with Crippen molar-refractivity contribution in [2.75, 3.05) is 10.6 Å². The van der Waals surface area contributed by atoms with Crippen molar-refractivity contribution in [2.45, 2.75) is 9.79 Å². The number of rotatable bonds is 6. The van der Waals surface area contributed by atoms with Gasteiger partial charge >= 0.3 is 65.1 Å². The Bertz CT molecular complexity index is 1640. The van der Waals surface area contributed by atoms with Crippen molar-refractivity contribution in [3.8, 4) is 11.5 Å². The van der Waals surface area contributed by atoms with Gasteiger partial charge in [0.2, 0.25) is 0 Å². The number of carbonyl (C=O) groups is 1. The molecule has 0 bridgehead atoms. The van der Waals surface area contributed by atoms with Gasteiger partial charge in [0.05, 0.1) is 30.8 Å². The van der Waals surface area contributed by atoms with E-state index in [0.717, 1.165) is 6.07 Å². The van der Waals surface area contributed by atoms with Crippen LogP contribution in [0.4, 0.5) is 16.2 Å². The Morgan fingerprint density at radius 1 is 0.868 bits per heavy atom. The van der Waals surface area contributed by atoms with Crippen molar-refractivity contribution in [2.24, 2.45) is 0 Å². The average Bonchev–Trinajstić information content (AvgIpc) is 2.81. The van der Waals surface area contributed by atoms with Crippen molar-refractivity contribution >= 4 is 93.0 Å².